The molecule has 1 aliphatic carbocycles. The molecule has 0 atom stereocenters. The van der Waals surface area contributed by atoms with Crippen LogP contribution in [0.4, 0.5) is 0 Å². The van der Waals surface area contributed by atoms with Crippen molar-refractivity contribution in [3.05, 3.63) is 77.0 Å². The average Bonchev–Trinajstić information content (AvgIpc) is 3.22. The highest BCUT2D eigenvalue weighted by Crippen LogP contribution is 2.23. The Bertz CT molecular complexity index is 946. The third-order valence-electron chi connectivity index (χ3n) is 5.49. The molecule has 1 heterocycles. The number of fused-ring (bicyclic) bond motifs is 1. The maximum atomic E-state index is 12.8. The molecule has 4 heteroatoms. The second kappa shape index (κ2) is 8.42. The fraction of sp³-hybridized carbons (Fsp3) is 0.333. The summed E-state index contributed by atoms with van der Waals surface area (Å²) in [5, 5.41) is 4.15. The van der Waals surface area contributed by atoms with Crippen molar-refractivity contribution >= 4 is 5.91 Å². The maximum absolute atomic E-state index is 12.8. The van der Waals surface area contributed by atoms with Crippen LogP contribution in [-0.2, 0) is 19.3 Å². The van der Waals surface area contributed by atoms with Crippen LogP contribution in [0.5, 0.6) is 0 Å². The van der Waals surface area contributed by atoms with Gasteiger partial charge in [-0.3, -0.25) is 4.79 Å². The Hall–Kier alpha value is -2.88. The van der Waals surface area contributed by atoms with E-state index in [0.717, 1.165) is 48.3 Å². The van der Waals surface area contributed by atoms with E-state index in [-0.39, 0.29) is 5.91 Å². The van der Waals surface area contributed by atoms with E-state index in [1.54, 1.807) is 4.90 Å². The Balaban J connectivity index is 1.31. The molecule has 0 radical (unpaired) electrons. The third kappa shape index (κ3) is 4.16. The first-order valence-corrected chi connectivity index (χ1v) is 10.1. The number of hydrogen-bond donors (Lipinski definition) is 0. The minimum atomic E-state index is 0.0934. The van der Waals surface area contributed by atoms with Crippen molar-refractivity contribution in [2.75, 3.05) is 13.6 Å². The smallest absolute Gasteiger partial charge is 0.253 e. The van der Waals surface area contributed by atoms with Gasteiger partial charge in [-0.15, -0.1) is 0 Å². The van der Waals surface area contributed by atoms with Gasteiger partial charge in [0.05, 0.1) is 0 Å². The molecule has 0 spiro atoms. The second-order valence-corrected chi connectivity index (χ2v) is 7.57. The summed E-state index contributed by atoms with van der Waals surface area (Å²) in [6.45, 7) is 0.692. The first kappa shape index (κ1) is 18.5. The van der Waals surface area contributed by atoms with Crippen molar-refractivity contribution < 1.29 is 9.32 Å². The number of aryl methyl sites for hydroxylation is 3. The van der Waals surface area contributed by atoms with Crippen molar-refractivity contribution in [1.29, 1.82) is 0 Å². The first-order valence-electron chi connectivity index (χ1n) is 10.1. The number of carbonyl (C=O) groups is 1. The highest BCUT2D eigenvalue weighted by atomic mass is 16.5. The van der Waals surface area contributed by atoms with Crippen LogP contribution in [0, 0.1) is 0 Å². The van der Waals surface area contributed by atoms with Crippen LogP contribution >= 0.6 is 0 Å². The summed E-state index contributed by atoms with van der Waals surface area (Å²) in [7, 11) is 1.87. The number of hydrogen-bond acceptors (Lipinski definition) is 3. The predicted molar refractivity (Wildman–Crippen MR) is 110 cm³/mol. The number of amides is 1. The molecule has 4 rings (SSSR count). The molecule has 0 N–H and O–H groups in total. The Morgan fingerprint density at radius 1 is 1.04 bits per heavy atom. The van der Waals surface area contributed by atoms with Gasteiger partial charge in [0.2, 0.25) is 0 Å². The van der Waals surface area contributed by atoms with Crippen molar-refractivity contribution in [2.24, 2.45) is 0 Å². The Labute approximate surface area is 166 Å². The molecule has 2 aromatic carbocycles. The standard InChI is InChI=1S/C24H26N2O2/c1-26(24(27)21-14-13-18-8-5-6-11-20(18)16-21)15-7-12-22-17-23(25-28-22)19-9-3-2-4-10-19/h2-4,9-10,13-14,16-17H,5-8,11-12,15H2,1H3. The Morgan fingerprint density at radius 2 is 1.82 bits per heavy atom. The predicted octanol–water partition coefficient (Wildman–Crippen LogP) is 4.93. The number of rotatable bonds is 6. The summed E-state index contributed by atoms with van der Waals surface area (Å²) in [4.78, 5) is 14.6. The van der Waals surface area contributed by atoms with Crippen LogP contribution in [0.2, 0.25) is 0 Å². The molecular weight excluding hydrogens is 348 g/mol. The lowest BCUT2D eigenvalue weighted by Gasteiger charge is -2.20. The zero-order chi connectivity index (χ0) is 19.3. The molecular formula is C24H26N2O2. The maximum Gasteiger partial charge on any atom is 0.253 e. The summed E-state index contributed by atoms with van der Waals surface area (Å²) < 4.78 is 5.45. The van der Waals surface area contributed by atoms with Gasteiger partial charge >= 0.3 is 0 Å². The molecule has 0 aliphatic heterocycles. The van der Waals surface area contributed by atoms with E-state index in [1.165, 1.54) is 24.0 Å². The molecule has 1 amide bonds. The quantitative estimate of drug-likeness (QED) is 0.615. The molecule has 0 bridgehead atoms. The molecule has 0 saturated carbocycles. The van der Waals surface area contributed by atoms with E-state index < -0.39 is 0 Å². The van der Waals surface area contributed by atoms with Crippen molar-refractivity contribution in [2.45, 2.75) is 38.5 Å². The van der Waals surface area contributed by atoms with Crippen molar-refractivity contribution in [3.63, 3.8) is 0 Å². The molecule has 4 nitrogen and oxygen atoms in total. The van der Waals surface area contributed by atoms with Gasteiger partial charge < -0.3 is 9.42 Å². The SMILES string of the molecule is CN(CCCc1cc(-c2ccccc2)no1)C(=O)c1ccc2c(c1)CCCC2. The third-order valence-corrected chi connectivity index (χ3v) is 5.49. The van der Waals surface area contributed by atoms with Crippen LogP contribution in [-0.4, -0.2) is 29.6 Å². The minimum absolute atomic E-state index is 0.0934. The summed E-state index contributed by atoms with van der Waals surface area (Å²) in [5.41, 5.74) is 5.46. The van der Waals surface area contributed by atoms with Gasteiger partial charge in [0.25, 0.3) is 5.91 Å². The minimum Gasteiger partial charge on any atom is -0.361 e. The topological polar surface area (TPSA) is 46.3 Å². The molecule has 3 aromatic rings. The van der Waals surface area contributed by atoms with Gasteiger partial charge in [0.15, 0.2) is 0 Å². The summed E-state index contributed by atoms with van der Waals surface area (Å²) in [6.07, 6.45) is 6.33. The van der Waals surface area contributed by atoms with E-state index in [9.17, 15) is 4.79 Å². The fourth-order valence-electron chi connectivity index (χ4n) is 3.85. The van der Waals surface area contributed by atoms with Crippen molar-refractivity contribution in [1.82, 2.24) is 10.1 Å². The van der Waals surface area contributed by atoms with Crippen LogP contribution < -0.4 is 0 Å². The zero-order valence-electron chi connectivity index (χ0n) is 16.4. The molecule has 28 heavy (non-hydrogen) atoms. The van der Waals surface area contributed by atoms with E-state index in [1.807, 2.05) is 49.5 Å². The highest BCUT2D eigenvalue weighted by Gasteiger charge is 2.16. The van der Waals surface area contributed by atoms with Crippen molar-refractivity contribution in [3.8, 4) is 11.3 Å². The van der Waals surface area contributed by atoms with Gasteiger partial charge in [0, 0.05) is 37.2 Å². The number of aromatic nitrogens is 1. The molecule has 1 aliphatic rings. The van der Waals surface area contributed by atoms with Gasteiger partial charge in [-0.1, -0.05) is 41.6 Å². The van der Waals surface area contributed by atoms with E-state index in [2.05, 4.69) is 17.3 Å². The van der Waals surface area contributed by atoms with E-state index >= 15 is 0 Å². The van der Waals surface area contributed by atoms with Gasteiger partial charge in [-0.2, -0.15) is 0 Å². The average molecular weight is 374 g/mol. The van der Waals surface area contributed by atoms with Gasteiger partial charge in [0.1, 0.15) is 11.5 Å². The monoisotopic (exact) mass is 374 g/mol. The number of benzene rings is 2. The molecule has 144 valence electrons. The lowest BCUT2D eigenvalue weighted by molar-refractivity contribution is 0.0792. The molecule has 1 aromatic heterocycles. The van der Waals surface area contributed by atoms with Crippen LogP contribution in [0.25, 0.3) is 11.3 Å². The van der Waals surface area contributed by atoms with E-state index in [0.29, 0.717) is 6.54 Å². The molecule has 0 unspecified atom stereocenters. The largest absolute Gasteiger partial charge is 0.361 e. The molecule has 0 fully saturated rings. The summed E-state index contributed by atoms with van der Waals surface area (Å²) in [6, 6.07) is 18.2. The Morgan fingerprint density at radius 3 is 2.64 bits per heavy atom. The second-order valence-electron chi connectivity index (χ2n) is 7.57. The highest BCUT2D eigenvalue weighted by molar-refractivity contribution is 5.94. The number of carbonyl (C=O) groups excluding carboxylic acids is 1. The first-order chi connectivity index (χ1) is 13.7. The molecule has 0 saturated heterocycles. The van der Waals surface area contributed by atoms with E-state index in [4.69, 9.17) is 4.52 Å². The van der Waals surface area contributed by atoms with Gasteiger partial charge in [-0.05, 0) is 55.4 Å². The van der Waals surface area contributed by atoms with Crippen LogP contribution in [0.3, 0.4) is 0 Å². The number of nitrogens with zero attached hydrogens (tertiary/aromatic N) is 2. The normalized spacial score (nSPS) is 13.2. The summed E-state index contributed by atoms with van der Waals surface area (Å²) in [5.74, 6) is 0.949. The lowest BCUT2D eigenvalue weighted by Crippen LogP contribution is -2.28. The summed E-state index contributed by atoms with van der Waals surface area (Å²) >= 11 is 0. The van der Waals surface area contributed by atoms with Gasteiger partial charge in [-0.25, -0.2) is 0 Å². The fourth-order valence-corrected chi connectivity index (χ4v) is 3.85. The lowest BCUT2D eigenvalue weighted by atomic mass is 9.90. The van der Waals surface area contributed by atoms with Crippen LogP contribution in [0.1, 0.15) is 46.5 Å². The Kier molecular flexibility index (Phi) is 5.56. The zero-order valence-corrected chi connectivity index (χ0v) is 16.4. The van der Waals surface area contributed by atoms with Crippen LogP contribution in [0.15, 0.2) is 59.1 Å².